The van der Waals surface area contributed by atoms with Crippen LogP contribution in [0, 0.1) is 19.8 Å². The third kappa shape index (κ3) is 5.25. The number of amides is 2. The number of aromatic nitrogens is 1. The van der Waals surface area contributed by atoms with Crippen molar-refractivity contribution in [3.63, 3.8) is 0 Å². The molecule has 1 fully saturated rings. The van der Waals surface area contributed by atoms with Gasteiger partial charge in [-0.15, -0.1) is 11.3 Å². The molecule has 0 spiro atoms. The Morgan fingerprint density at radius 1 is 1.32 bits per heavy atom. The summed E-state index contributed by atoms with van der Waals surface area (Å²) in [6.07, 6.45) is 2.23. The van der Waals surface area contributed by atoms with Crippen LogP contribution in [0.15, 0.2) is 0 Å². The first-order valence-corrected chi connectivity index (χ1v) is 9.87. The molecule has 0 radical (unpaired) electrons. The number of ether oxygens (including phenoxy) is 1. The van der Waals surface area contributed by atoms with Gasteiger partial charge in [0.15, 0.2) is 0 Å². The van der Waals surface area contributed by atoms with E-state index in [1.807, 2.05) is 13.8 Å². The fraction of sp³-hybridized carbons (Fsp3) is 0.722. The molecule has 1 atom stereocenters. The second kappa shape index (κ2) is 9.29. The molecule has 0 bridgehead atoms. The molecule has 2 amide bonds. The number of carbonyl (C=O) groups is 2. The lowest BCUT2D eigenvalue weighted by Gasteiger charge is -2.32. The molecule has 1 aliphatic rings. The smallest absolute Gasteiger partial charge is 0.248 e. The molecule has 1 aromatic rings. The summed E-state index contributed by atoms with van der Waals surface area (Å²) in [5, 5.41) is 4.13. The minimum Gasteiger partial charge on any atom is -0.372 e. The van der Waals surface area contributed by atoms with Crippen LogP contribution in [0.3, 0.4) is 0 Å². The average molecular weight is 368 g/mol. The SMILES string of the molecule is CCOCC(=O)N1CCC(C(=O)NC(CC)c2nc(C)c(C)s2)CC1. The summed E-state index contributed by atoms with van der Waals surface area (Å²) < 4.78 is 5.17. The summed E-state index contributed by atoms with van der Waals surface area (Å²) in [7, 11) is 0. The molecule has 0 aromatic carbocycles. The van der Waals surface area contributed by atoms with Gasteiger partial charge in [-0.3, -0.25) is 9.59 Å². The summed E-state index contributed by atoms with van der Waals surface area (Å²) in [6, 6.07) is -0.0254. The molecule has 1 N–H and O–H groups in total. The maximum atomic E-state index is 12.6. The zero-order chi connectivity index (χ0) is 18.4. The lowest BCUT2D eigenvalue weighted by atomic mass is 9.95. The lowest BCUT2D eigenvalue weighted by Crippen LogP contribution is -2.44. The maximum Gasteiger partial charge on any atom is 0.248 e. The third-order valence-electron chi connectivity index (χ3n) is 4.72. The predicted molar refractivity (Wildman–Crippen MR) is 98.6 cm³/mol. The van der Waals surface area contributed by atoms with Gasteiger partial charge in [0.25, 0.3) is 0 Å². The van der Waals surface area contributed by atoms with Crippen molar-refractivity contribution < 1.29 is 14.3 Å². The van der Waals surface area contributed by atoms with Crippen LogP contribution in [0.2, 0.25) is 0 Å². The number of carbonyl (C=O) groups excluding carboxylic acids is 2. The predicted octanol–water partition coefficient (Wildman–Crippen LogP) is 2.60. The highest BCUT2D eigenvalue weighted by atomic mass is 32.1. The molecule has 2 rings (SSSR count). The molecule has 2 heterocycles. The number of piperidine rings is 1. The molecule has 1 unspecified atom stereocenters. The number of hydrogen-bond acceptors (Lipinski definition) is 5. The third-order valence-corrected chi connectivity index (χ3v) is 5.90. The first-order chi connectivity index (χ1) is 12.0. The molecule has 7 heteroatoms. The van der Waals surface area contributed by atoms with Crippen LogP contribution < -0.4 is 5.32 Å². The van der Waals surface area contributed by atoms with E-state index in [0.29, 0.717) is 32.5 Å². The number of thiazole rings is 1. The molecule has 1 saturated heterocycles. The van der Waals surface area contributed by atoms with Crippen molar-refractivity contribution in [3.8, 4) is 0 Å². The fourth-order valence-electron chi connectivity index (χ4n) is 2.95. The van der Waals surface area contributed by atoms with Crippen molar-refractivity contribution in [3.05, 3.63) is 15.6 Å². The van der Waals surface area contributed by atoms with Crippen LogP contribution >= 0.6 is 11.3 Å². The van der Waals surface area contributed by atoms with Crippen molar-refractivity contribution in [2.45, 2.75) is 53.0 Å². The Morgan fingerprint density at radius 2 is 2.00 bits per heavy atom. The van der Waals surface area contributed by atoms with Crippen molar-refractivity contribution in [1.82, 2.24) is 15.2 Å². The van der Waals surface area contributed by atoms with Gasteiger partial charge in [0, 0.05) is 30.5 Å². The minimum absolute atomic E-state index is 0.0147. The van der Waals surface area contributed by atoms with Gasteiger partial charge in [-0.1, -0.05) is 6.92 Å². The quantitative estimate of drug-likeness (QED) is 0.804. The van der Waals surface area contributed by atoms with Crippen molar-refractivity contribution in [2.75, 3.05) is 26.3 Å². The highest BCUT2D eigenvalue weighted by Crippen LogP contribution is 2.26. The van der Waals surface area contributed by atoms with Crippen LogP contribution in [0.25, 0.3) is 0 Å². The molecular formula is C18H29N3O3S. The minimum atomic E-state index is -0.0349. The van der Waals surface area contributed by atoms with E-state index in [2.05, 4.69) is 24.1 Å². The summed E-state index contributed by atoms with van der Waals surface area (Å²) in [5.41, 5.74) is 1.04. The van der Waals surface area contributed by atoms with E-state index in [9.17, 15) is 9.59 Å². The molecule has 6 nitrogen and oxygen atoms in total. The Labute approximate surface area is 154 Å². The standard InChI is InChI=1S/C18H29N3O3S/c1-5-15(18-19-12(3)13(4)25-18)20-17(23)14-7-9-21(10-8-14)16(22)11-24-6-2/h14-15H,5-11H2,1-4H3,(H,20,23). The molecule has 25 heavy (non-hydrogen) atoms. The number of nitrogens with one attached hydrogen (secondary N) is 1. The van der Waals surface area contributed by atoms with Crippen LogP contribution in [0.1, 0.15) is 54.7 Å². The Kier molecular flexibility index (Phi) is 7.38. The highest BCUT2D eigenvalue weighted by molar-refractivity contribution is 7.11. The van der Waals surface area contributed by atoms with Gasteiger partial charge in [0.2, 0.25) is 11.8 Å². The summed E-state index contributed by atoms with van der Waals surface area (Å²) in [4.78, 5) is 32.2. The summed E-state index contributed by atoms with van der Waals surface area (Å²) in [5.74, 6) is 0.0579. The van der Waals surface area contributed by atoms with E-state index >= 15 is 0 Å². The van der Waals surface area contributed by atoms with Crippen LogP contribution in [-0.2, 0) is 14.3 Å². The molecule has 0 saturated carbocycles. The normalized spacial score (nSPS) is 16.7. The van der Waals surface area contributed by atoms with E-state index in [1.165, 1.54) is 4.88 Å². The maximum absolute atomic E-state index is 12.6. The lowest BCUT2D eigenvalue weighted by molar-refractivity contribution is -0.139. The van der Waals surface area contributed by atoms with E-state index in [1.54, 1.807) is 16.2 Å². The van der Waals surface area contributed by atoms with Gasteiger partial charge in [-0.25, -0.2) is 4.98 Å². The van der Waals surface area contributed by atoms with Gasteiger partial charge in [0.1, 0.15) is 11.6 Å². The van der Waals surface area contributed by atoms with Crippen molar-refractivity contribution in [1.29, 1.82) is 0 Å². The Bertz CT molecular complexity index is 575. The number of rotatable bonds is 7. The van der Waals surface area contributed by atoms with Gasteiger partial charge < -0.3 is 15.0 Å². The largest absolute Gasteiger partial charge is 0.372 e. The molecule has 140 valence electrons. The second-order valence-electron chi connectivity index (χ2n) is 6.46. The Balaban J connectivity index is 1.86. The van der Waals surface area contributed by atoms with Crippen LogP contribution in [0.4, 0.5) is 0 Å². The average Bonchev–Trinajstić information content (AvgIpc) is 2.96. The van der Waals surface area contributed by atoms with Gasteiger partial charge in [-0.05, 0) is 40.0 Å². The van der Waals surface area contributed by atoms with E-state index in [0.717, 1.165) is 17.1 Å². The van der Waals surface area contributed by atoms with E-state index in [4.69, 9.17) is 4.74 Å². The van der Waals surface area contributed by atoms with Gasteiger partial charge in [-0.2, -0.15) is 0 Å². The molecule has 1 aliphatic heterocycles. The topological polar surface area (TPSA) is 71.5 Å². The summed E-state index contributed by atoms with van der Waals surface area (Å²) >= 11 is 1.65. The Morgan fingerprint density at radius 3 is 2.52 bits per heavy atom. The van der Waals surface area contributed by atoms with E-state index < -0.39 is 0 Å². The fourth-order valence-corrected chi connectivity index (χ4v) is 4.00. The number of aryl methyl sites for hydroxylation is 2. The number of nitrogens with zero attached hydrogens (tertiary/aromatic N) is 2. The monoisotopic (exact) mass is 367 g/mol. The molecule has 1 aromatic heterocycles. The summed E-state index contributed by atoms with van der Waals surface area (Å²) in [6.45, 7) is 9.91. The second-order valence-corrected chi connectivity index (χ2v) is 7.69. The van der Waals surface area contributed by atoms with Gasteiger partial charge >= 0.3 is 0 Å². The van der Waals surface area contributed by atoms with Crippen LogP contribution in [0.5, 0.6) is 0 Å². The number of hydrogen-bond donors (Lipinski definition) is 1. The first kappa shape index (κ1) is 19.8. The molecule has 0 aliphatic carbocycles. The number of likely N-dealkylation sites (tertiary alicyclic amines) is 1. The first-order valence-electron chi connectivity index (χ1n) is 9.06. The zero-order valence-corrected chi connectivity index (χ0v) is 16.4. The van der Waals surface area contributed by atoms with Crippen LogP contribution in [-0.4, -0.2) is 48.0 Å². The van der Waals surface area contributed by atoms with E-state index in [-0.39, 0.29) is 30.4 Å². The van der Waals surface area contributed by atoms with Gasteiger partial charge in [0.05, 0.1) is 11.7 Å². The highest BCUT2D eigenvalue weighted by Gasteiger charge is 2.29. The zero-order valence-electron chi connectivity index (χ0n) is 15.6. The van der Waals surface area contributed by atoms with Crippen molar-refractivity contribution >= 4 is 23.2 Å². The molecular weight excluding hydrogens is 338 g/mol. The van der Waals surface area contributed by atoms with Crippen molar-refractivity contribution in [2.24, 2.45) is 5.92 Å². The Hall–Kier alpha value is -1.47.